The van der Waals surface area contributed by atoms with Crippen molar-refractivity contribution in [2.24, 2.45) is 0 Å². The van der Waals surface area contributed by atoms with Gasteiger partial charge in [0.2, 0.25) is 5.89 Å². The molecule has 1 N–H and O–H groups in total. The van der Waals surface area contributed by atoms with Crippen LogP contribution < -0.4 is 5.32 Å². The zero-order valence-corrected chi connectivity index (χ0v) is 11.4. The van der Waals surface area contributed by atoms with Crippen molar-refractivity contribution < 1.29 is 4.52 Å². The number of benzene rings is 1. The summed E-state index contributed by atoms with van der Waals surface area (Å²) in [4.78, 5) is 4.36. The minimum atomic E-state index is -0.0359. The molecule has 0 saturated heterocycles. The summed E-state index contributed by atoms with van der Waals surface area (Å²) in [6, 6.07) is 7.47. The molecule has 0 fully saturated rings. The lowest BCUT2D eigenvalue weighted by atomic mass is 10.2. The highest BCUT2D eigenvalue weighted by atomic mass is 35.5. The average molecular weight is 266 g/mol. The summed E-state index contributed by atoms with van der Waals surface area (Å²) in [5.74, 6) is 1.59. The highest BCUT2D eigenvalue weighted by Crippen LogP contribution is 2.21. The number of hydrogen-bond donors (Lipinski definition) is 1. The van der Waals surface area contributed by atoms with Crippen molar-refractivity contribution >= 4 is 17.3 Å². The van der Waals surface area contributed by atoms with Crippen LogP contribution in [0.2, 0.25) is 5.02 Å². The van der Waals surface area contributed by atoms with Gasteiger partial charge in [-0.05, 0) is 31.2 Å². The Kier molecular flexibility index (Phi) is 3.87. The van der Waals surface area contributed by atoms with E-state index in [0.717, 1.165) is 11.5 Å². The van der Waals surface area contributed by atoms with Crippen LogP contribution in [0.1, 0.15) is 44.4 Å². The van der Waals surface area contributed by atoms with E-state index >= 15 is 0 Å². The molecule has 1 heterocycles. The minimum Gasteiger partial charge on any atom is -0.374 e. The van der Waals surface area contributed by atoms with E-state index < -0.39 is 0 Å². The normalized spacial score (nSPS) is 12.7. The smallest absolute Gasteiger partial charge is 0.248 e. The van der Waals surface area contributed by atoms with Crippen molar-refractivity contribution in [3.8, 4) is 0 Å². The Morgan fingerprint density at radius 1 is 1.17 bits per heavy atom. The van der Waals surface area contributed by atoms with Crippen LogP contribution >= 0.6 is 11.6 Å². The first-order chi connectivity index (χ1) is 8.56. The lowest BCUT2D eigenvalue weighted by Crippen LogP contribution is -2.07. The predicted octanol–water partition coefficient (Wildman–Crippen LogP) is 4.02. The van der Waals surface area contributed by atoms with Crippen molar-refractivity contribution in [2.75, 3.05) is 5.32 Å². The summed E-state index contributed by atoms with van der Waals surface area (Å²) in [6.07, 6.45) is 0. The number of anilines is 1. The van der Waals surface area contributed by atoms with Crippen molar-refractivity contribution in [1.29, 1.82) is 0 Å². The highest BCUT2D eigenvalue weighted by Gasteiger charge is 2.15. The first-order valence-electron chi connectivity index (χ1n) is 5.92. The van der Waals surface area contributed by atoms with Gasteiger partial charge in [0, 0.05) is 16.6 Å². The minimum absolute atomic E-state index is 0.0359. The van der Waals surface area contributed by atoms with E-state index in [9.17, 15) is 0 Å². The van der Waals surface area contributed by atoms with Gasteiger partial charge >= 0.3 is 0 Å². The first kappa shape index (κ1) is 12.9. The lowest BCUT2D eigenvalue weighted by Gasteiger charge is -2.10. The molecule has 18 heavy (non-hydrogen) atoms. The molecular weight excluding hydrogens is 250 g/mol. The van der Waals surface area contributed by atoms with E-state index in [1.807, 2.05) is 45.0 Å². The van der Waals surface area contributed by atoms with Gasteiger partial charge in [0.05, 0.1) is 0 Å². The van der Waals surface area contributed by atoms with E-state index in [4.69, 9.17) is 16.1 Å². The molecule has 0 saturated carbocycles. The van der Waals surface area contributed by atoms with Gasteiger partial charge in [-0.15, -0.1) is 0 Å². The van der Waals surface area contributed by atoms with Gasteiger partial charge in [-0.25, -0.2) is 0 Å². The second-order valence-corrected chi connectivity index (χ2v) is 4.95. The zero-order chi connectivity index (χ0) is 13.1. The van der Waals surface area contributed by atoms with Crippen LogP contribution in [0, 0.1) is 0 Å². The van der Waals surface area contributed by atoms with Gasteiger partial charge in [0.25, 0.3) is 0 Å². The van der Waals surface area contributed by atoms with Crippen molar-refractivity contribution in [2.45, 2.75) is 32.7 Å². The molecule has 0 aliphatic heterocycles. The zero-order valence-electron chi connectivity index (χ0n) is 10.6. The van der Waals surface area contributed by atoms with Crippen LogP contribution in [0.4, 0.5) is 5.69 Å². The SMILES string of the molecule is CC(C)c1noc(C(C)Nc2ccc(Cl)cc2)n1. The van der Waals surface area contributed by atoms with Crippen LogP contribution in [0.3, 0.4) is 0 Å². The molecule has 0 bridgehead atoms. The number of halogens is 1. The summed E-state index contributed by atoms with van der Waals surface area (Å²) in [5.41, 5.74) is 0.969. The van der Waals surface area contributed by atoms with Crippen LogP contribution in [0.15, 0.2) is 28.8 Å². The molecule has 1 aromatic heterocycles. The Balaban J connectivity index is 2.06. The van der Waals surface area contributed by atoms with Crippen LogP contribution in [-0.2, 0) is 0 Å². The third-order valence-corrected chi connectivity index (χ3v) is 2.82. The monoisotopic (exact) mass is 265 g/mol. The van der Waals surface area contributed by atoms with E-state index in [-0.39, 0.29) is 12.0 Å². The molecule has 96 valence electrons. The Bertz CT molecular complexity index is 507. The van der Waals surface area contributed by atoms with Crippen LogP contribution in [0.5, 0.6) is 0 Å². The largest absolute Gasteiger partial charge is 0.374 e. The molecular formula is C13H16ClN3O. The lowest BCUT2D eigenvalue weighted by molar-refractivity contribution is 0.361. The van der Waals surface area contributed by atoms with Crippen molar-refractivity contribution in [3.05, 3.63) is 41.0 Å². The first-order valence-corrected chi connectivity index (χ1v) is 6.29. The van der Waals surface area contributed by atoms with Crippen molar-refractivity contribution in [3.63, 3.8) is 0 Å². The van der Waals surface area contributed by atoms with E-state index in [1.54, 1.807) is 0 Å². The molecule has 0 spiro atoms. The van der Waals surface area contributed by atoms with Gasteiger partial charge in [-0.3, -0.25) is 0 Å². The Hall–Kier alpha value is -1.55. The Morgan fingerprint density at radius 2 is 1.83 bits per heavy atom. The van der Waals surface area contributed by atoms with Crippen LogP contribution in [0.25, 0.3) is 0 Å². The quantitative estimate of drug-likeness (QED) is 0.907. The molecule has 1 unspecified atom stereocenters. The number of rotatable bonds is 4. The summed E-state index contributed by atoms with van der Waals surface area (Å²) < 4.78 is 5.23. The molecule has 1 atom stereocenters. The summed E-state index contributed by atoms with van der Waals surface area (Å²) in [7, 11) is 0. The fourth-order valence-electron chi connectivity index (χ4n) is 1.52. The summed E-state index contributed by atoms with van der Waals surface area (Å²) in [5, 5.41) is 7.94. The fraction of sp³-hybridized carbons (Fsp3) is 0.385. The highest BCUT2D eigenvalue weighted by molar-refractivity contribution is 6.30. The molecule has 1 aromatic carbocycles. The second kappa shape index (κ2) is 5.40. The van der Waals surface area contributed by atoms with E-state index in [0.29, 0.717) is 10.9 Å². The van der Waals surface area contributed by atoms with Gasteiger partial charge < -0.3 is 9.84 Å². The molecule has 0 amide bonds. The second-order valence-electron chi connectivity index (χ2n) is 4.52. The third kappa shape index (κ3) is 3.01. The molecule has 5 heteroatoms. The average Bonchev–Trinajstić information content (AvgIpc) is 2.81. The molecule has 4 nitrogen and oxygen atoms in total. The fourth-order valence-corrected chi connectivity index (χ4v) is 1.64. The standard InChI is InChI=1S/C13H16ClN3O/c1-8(2)12-16-13(18-17-12)9(3)15-11-6-4-10(14)5-7-11/h4-9,15H,1-3H3. The number of aromatic nitrogens is 2. The summed E-state index contributed by atoms with van der Waals surface area (Å²) >= 11 is 5.83. The maximum Gasteiger partial charge on any atom is 0.248 e. The van der Waals surface area contributed by atoms with Gasteiger partial charge in [0.1, 0.15) is 6.04 Å². The number of nitrogens with one attached hydrogen (secondary N) is 1. The molecule has 0 aliphatic carbocycles. The number of nitrogens with zero attached hydrogens (tertiary/aromatic N) is 2. The molecule has 2 aromatic rings. The summed E-state index contributed by atoms with van der Waals surface area (Å²) in [6.45, 7) is 6.05. The van der Waals surface area contributed by atoms with E-state index in [2.05, 4.69) is 15.5 Å². The van der Waals surface area contributed by atoms with Gasteiger partial charge in [-0.1, -0.05) is 30.6 Å². The Morgan fingerprint density at radius 3 is 2.39 bits per heavy atom. The Labute approximate surface area is 111 Å². The predicted molar refractivity (Wildman–Crippen MR) is 71.9 cm³/mol. The molecule has 0 aliphatic rings. The van der Waals surface area contributed by atoms with Crippen LogP contribution in [-0.4, -0.2) is 10.1 Å². The number of hydrogen-bond acceptors (Lipinski definition) is 4. The maximum atomic E-state index is 5.83. The topological polar surface area (TPSA) is 51.0 Å². The van der Waals surface area contributed by atoms with Crippen molar-refractivity contribution in [1.82, 2.24) is 10.1 Å². The van der Waals surface area contributed by atoms with E-state index in [1.165, 1.54) is 0 Å². The maximum absolute atomic E-state index is 5.83. The van der Waals surface area contributed by atoms with Gasteiger partial charge in [0.15, 0.2) is 5.82 Å². The molecule has 2 rings (SSSR count). The molecule has 0 radical (unpaired) electrons. The third-order valence-electron chi connectivity index (χ3n) is 2.57. The van der Waals surface area contributed by atoms with Gasteiger partial charge in [-0.2, -0.15) is 4.98 Å².